The Hall–Kier alpha value is -0.480. The van der Waals surface area contributed by atoms with E-state index in [1.165, 1.54) is 6.07 Å². The van der Waals surface area contributed by atoms with Gasteiger partial charge >= 0.3 is 0 Å². The number of benzene rings is 1. The lowest BCUT2D eigenvalue weighted by molar-refractivity contribution is 0.152. The molecule has 1 nitrogen and oxygen atoms in total. The van der Waals surface area contributed by atoms with E-state index in [1.807, 2.05) is 0 Å². The molecule has 0 bridgehead atoms. The van der Waals surface area contributed by atoms with Gasteiger partial charge in [-0.1, -0.05) is 6.07 Å². The monoisotopic (exact) mass is 262 g/mol. The van der Waals surface area contributed by atoms with Crippen molar-refractivity contribution in [1.29, 1.82) is 0 Å². The number of aliphatic hydroxyl groups excluding tert-OH is 1. The van der Waals surface area contributed by atoms with E-state index in [0.717, 1.165) is 18.9 Å². The van der Waals surface area contributed by atoms with Crippen molar-refractivity contribution in [2.45, 2.75) is 18.9 Å². The lowest BCUT2D eigenvalue weighted by atomic mass is 10.1. The molecule has 1 N–H and O–H groups in total. The Labute approximate surface area is 88.9 Å². The van der Waals surface area contributed by atoms with Gasteiger partial charge in [0.25, 0.3) is 0 Å². The van der Waals surface area contributed by atoms with Crippen LogP contribution in [0.15, 0.2) is 16.6 Å². The fraction of sp³-hybridized carbons (Fsp3) is 0.400. The number of rotatable bonds is 2. The molecule has 76 valence electrons. The van der Waals surface area contributed by atoms with Crippen molar-refractivity contribution < 1.29 is 13.9 Å². The first-order chi connectivity index (χ1) is 6.61. The van der Waals surface area contributed by atoms with E-state index in [2.05, 4.69) is 15.9 Å². The second kappa shape index (κ2) is 3.59. The molecule has 2 rings (SSSR count). The van der Waals surface area contributed by atoms with Crippen LogP contribution in [0.3, 0.4) is 0 Å². The first kappa shape index (κ1) is 10.1. The smallest absolute Gasteiger partial charge is 0.173 e. The predicted octanol–water partition coefficient (Wildman–Crippen LogP) is 3.17. The molecule has 1 aromatic rings. The van der Waals surface area contributed by atoms with Gasteiger partial charge in [-0.25, -0.2) is 8.78 Å². The number of hydrogen-bond acceptors (Lipinski definition) is 1. The Morgan fingerprint density at radius 1 is 1.36 bits per heavy atom. The highest BCUT2D eigenvalue weighted by atomic mass is 79.9. The van der Waals surface area contributed by atoms with Crippen LogP contribution in [0.4, 0.5) is 8.78 Å². The van der Waals surface area contributed by atoms with Gasteiger partial charge in [0.15, 0.2) is 11.6 Å². The van der Waals surface area contributed by atoms with E-state index < -0.39 is 17.7 Å². The van der Waals surface area contributed by atoms with Crippen LogP contribution in [0.25, 0.3) is 0 Å². The van der Waals surface area contributed by atoms with Gasteiger partial charge in [0.1, 0.15) is 0 Å². The summed E-state index contributed by atoms with van der Waals surface area (Å²) >= 11 is 2.95. The molecule has 0 aromatic heterocycles. The summed E-state index contributed by atoms with van der Waals surface area (Å²) in [6.45, 7) is 0. The highest BCUT2D eigenvalue weighted by Gasteiger charge is 2.32. The van der Waals surface area contributed by atoms with Gasteiger partial charge in [0, 0.05) is 0 Å². The van der Waals surface area contributed by atoms with E-state index in [-0.39, 0.29) is 10.4 Å². The van der Waals surface area contributed by atoms with Crippen molar-refractivity contribution in [1.82, 2.24) is 0 Å². The fourth-order valence-electron chi connectivity index (χ4n) is 1.44. The maximum Gasteiger partial charge on any atom is 0.173 e. The number of aliphatic hydroxyl groups is 1. The minimum atomic E-state index is -0.929. The van der Waals surface area contributed by atoms with Crippen molar-refractivity contribution in [2.75, 3.05) is 0 Å². The highest BCUT2D eigenvalue weighted by molar-refractivity contribution is 9.10. The SMILES string of the molecule is OC(c1ccc(F)c(F)c1Br)C1CC1. The van der Waals surface area contributed by atoms with Crippen LogP contribution < -0.4 is 0 Å². The minimum Gasteiger partial charge on any atom is -0.388 e. The Balaban J connectivity index is 2.38. The summed E-state index contributed by atoms with van der Waals surface area (Å²) in [5, 5.41) is 9.74. The molecule has 1 saturated carbocycles. The van der Waals surface area contributed by atoms with E-state index in [1.54, 1.807) is 0 Å². The highest BCUT2D eigenvalue weighted by Crippen LogP contribution is 2.43. The summed E-state index contributed by atoms with van der Waals surface area (Å²) in [6, 6.07) is 2.46. The molecule has 1 aliphatic rings. The predicted molar refractivity (Wildman–Crippen MR) is 51.7 cm³/mol. The van der Waals surface area contributed by atoms with Crippen molar-refractivity contribution in [3.05, 3.63) is 33.8 Å². The minimum absolute atomic E-state index is 0.0388. The van der Waals surface area contributed by atoms with E-state index in [9.17, 15) is 13.9 Å². The zero-order valence-corrected chi connectivity index (χ0v) is 8.89. The zero-order valence-electron chi connectivity index (χ0n) is 7.30. The molecule has 1 fully saturated rings. The van der Waals surface area contributed by atoms with E-state index >= 15 is 0 Å². The van der Waals surface area contributed by atoms with Gasteiger partial charge < -0.3 is 5.11 Å². The normalized spacial score (nSPS) is 18.3. The van der Waals surface area contributed by atoms with Crippen LogP contribution in [0.1, 0.15) is 24.5 Å². The standard InChI is InChI=1S/C10H9BrF2O/c11-8-6(10(14)5-1-2-5)3-4-7(12)9(8)13/h3-5,10,14H,1-2H2. The van der Waals surface area contributed by atoms with Crippen molar-refractivity contribution in [2.24, 2.45) is 5.92 Å². The molecule has 1 aromatic carbocycles. The van der Waals surface area contributed by atoms with Crippen LogP contribution in [0, 0.1) is 17.6 Å². The average Bonchev–Trinajstić information content (AvgIpc) is 2.97. The van der Waals surface area contributed by atoms with Gasteiger partial charge in [0.05, 0.1) is 10.6 Å². The largest absolute Gasteiger partial charge is 0.388 e. The summed E-state index contributed by atoms with van der Waals surface area (Å²) in [4.78, 5) is 0. The number of halogens is 3. The fourth-order valence-corrected chi connectivity index (χ4v) is 1.99. The molecule has 0 aliphatic heterocycles. The second-order valence-corrected chi connectivity index (χ2v) is 4.34. The topological polar surface area (TPSA) is 20.2 Å². The molecule has 14 heavy (non-hydrogen) atoms. The molecule has 4 heteroatoms. The average molecular weight is 263 g/mol. The molecular formula is C10H9BrF2O. The third-order valence-electron chi connectivity index (χ3n) is 2.45. The first-order valence-electron chi connectivity index (χ1n) is 4.42. The van der Waals surface area contributed by atoms with Gasteiger partial charge in [-0.15, -0.1) is 0 Å². The first-order valence-corrected chi connectivity index (χ1v) is 5.22. The van der Waals surface area contributed by atoms with Crippen LogP contribution in [-0.4, -0.2) is 5.11 Å². The Morgan fingerprint density at radius 3 is 2.57 bits per heavy atom. The molecule has 0 heterocycles. The number of hydrogen-bond donors (Lipinski definition) is 1. The summed E-state index contributed by atoms with van der Waals surface area (Å²) in [5.41, 5.74) is 0.436. The Kier molecular flexibility index (Phi) is 2.58. The maximum absolute atomic E-state index is 13.1. The third-order valence-corrected chi connectivity index (χ3v) is 3.26. The summed E-state index contributed by atoms with van der Waals surface area (Å²) in [5.74, 6) is -1.62. The maximum atomic E-state index is 13.1. The molecule has 0 amide bonds. The van der Waals surface area contributed by atoms with Gasteiger partial charge in [-0.05, 0) is 46.3 Å². The molecule has 1 unspecified atom stereocenters. The molecular weight excluding hydrogens is 254 g/mol. The van der Waals surface area contributed by atoms with Crippen molar-refractivity contribution in [3.8, 4) is 0 Å². The summed E-state index contributed by atoms with van der Waals surface area (Å²) in [6.07, 6.45) is 1.22. The van der Waals surface area contributed by atoms with Crippen molar-refractivity contribution >= 4 is 15.9 Å². The summed E-state index contributed by atoms with van der Waals surface area (Å²) < 4.78 is 25.9. The van der Waals surface area contributed by atoms with Gasteiger partial charge in [-0.2, -0.15) is 0 Å². The molecule has 0 saturated heterocycles. The van der Waals surface area contributed by atoms with Crippen LogP contribution >= 0.6 is 15.9 Å². The zero-order chi connectivity index (χ0) is 10.3. The van der Waals surface area contributed by atoms with Crippen LogP contribution in [0.5, 0.6) is 0 Å². The van der Waals surface area contributed by atoms with Crippen LogP contribution in [-0.2, 0) is 0 Å². The van der Waals surface area contributed by atoms with E-state index in [0.29, 0.717) is 5.56 Å². The lowest BCUT2D eigenvalue weighted by Crippen LogP contribution is -2.02. The second-order valence-electron chi connectivity index (χ2n) is 3.55. The molecule has 0 spiro atoms. The third kappa shape index (κ3) is 1.68. The molecule has 0 radical (unpaired) electrons. The van der Waals surface area contributed by atoms with E-state index in [4.69, 9.17) is 0 Å². The van der Waals surface area contributed by atoms with Crippen LogP contribution in [0.2, 0.25) is 0 Å². The Bertz CT molecular complexity index is 363. The summed E-state index contributed by atoms with van der Waals surface area (Å²) in [7, 11) is 0. The van der Waals surface area contributed by atoms with Gasteiger partial charge in [-0.3, -0.25) is 0 Å². The Morgan fingerprint density at radius 2 is 2.00 bits per heavy atom. The molecule has 1 aliphatic carbocycles. The van der Waals surface area contributed by atoms with Crippen molar-refractivity contribution in [3.63, 3.8) is 0 Å². The quantitative estimate of drug-likeness (QED) is 0.812. The lowest BCUT2D eigenvalue weighted by Gasteiger charge is -2.12. The van der Waals surface area contributed by atoms with Gasteiger partial charge in [0.2, 0.25) is 0 Å². The molecule has 1 atom stereocenters.